The highest BCUT2D eigenvalue weighted by Crippen LogP contribution is 2.37. The van der Waals surface area contributed by atoms with Gasteiger partial charge in [0.15, 0.2) is 0 Å². The lowest BCUT2D eigenvalue weighted by atomic mass is 9.83. The summed E-state index contributed by atoms with van der Waals surface area (Å²) in [6.45, 7) is 7.40. The number of sulfone groups is 1. The van der Waals surface area contributed by atoms with Crippen molar-refractivity contribution in [2.24, 2.45) is 0 Å². The van der Waals surface area contributed by atoms with Crippen molar-refractivity contribution < 1.29 is 31.5 Å². The van der Waals surface area contributed by atoms with Crippen LogP contribution in [0, 0.1) is 0 Å². The lowest BCUT2D eigenvalue weighted by molar-refractivity contribution is -0.0436. The number of hydrogen-bond donors (Lipinski definition) is 2. The highest BCUT2D eigenvalue weighted by molar-refractivity contribution is 7.92. The van der Waals surface area contributed by atoms with Crippen molar-refractivity contribution in [3.05, 3.63) is 52.0 Å². The quantitative estimate of drug-likeness (QED) is 0.631. The Labute approximate surface area is 177 Å². The molecule has 0 saturated heterocycles. The topological polar surface area (TPSA) is 83.5 Å². The number of alkyl halides is 3. The monoisotopic (exact) mass is 463 g/mol. The lowest BCUT2D eigenvalue weighted by Crippen LogP contribution is -2.23. The Morgan fingerprint density at radius 1 is 1.13 bits per heavy atom. The lowest BCUT2D eigenvalue weighted by Gasteiger charge is -2.23. The minimum atomic E-state index is -5.57. The Morgan fingerprint density at radius 2 is 1.73 bits per heavy atom. The van der Waals surface area contributed by atoms with Crippen LogP contribution in [-0.2, 0) is 21.7 Å². The molecule has 2 N–H and O–H groups in total. The molecule has 0 aromatic heterocycles. The zero-order chi connectivity index (χ0) is 23.1. The van der Waals surface area contributed by atoms with Gasteiger partial charge >= 0.3 is 5.51 Å². The molecule has 0 spiro atoms. The number of carbonyl (C=O) groups is 1. The van der Waals surface area contributed by atoms with Crippen molar-refractivity contribution in [2.45, 2.75) is 49.9 Å². The Hall–Kier alpha value is -2.26. The first kappa shape index (κ1) is 24.0. The van der Waals surface area contributed by atoms with E-state index in [1.807, 2.05) is 20.8 Å². The van der Waals surface area contributed by atoms with Crippen LogP contribution in [0.5, 0.6) is 5.75 Å². The molecule has 1 amide bonds. The van der Waals surface area contributed by atoms with Crippen molar-refractivity contribution in [1.29, 1.82) is 0 Å². The zero-order valence-electron chi connectivity index (χ0n) is 16.7. The van der Waals surface area contributed by atoms with Crippen molar-refractivity contribution in [2.75, 3.05) is 5.32 Å². The summed E-state index contributed by atoms with van der Waals surface area (Å²) >= 11 is 5.93. The molecule has 0 aliphatic rings. The standard InChI is InChI=1S/C20H21ClF3NO4S/c1-5-11-6-8-13(19(2,3)4)17(26)16(11)18(27)25-15-9-7-12(10-14(15)21)30(28,29)20(22,23)24/h6-10,26H,5H2,1-4H3,(H,25,27). The molecule has 30 heavy (non-hydrogen) atoms. The minimum Gasteiger partial charge on any atom is -0.507 e. The van der Waals surface area contributed by atoms with Gasteiger partial charge in [-0.1, -0.05) is 51.4 Å². The first-order valence-corrected chi connectivity index (χ1v) is 10.7. The Bertz CT molecular complexity index is 1090. The van der Waals surface area contributed by atoms with Gasteiger partial charge in [-0.3, -0.25) is 4.79 Å². The van der Waals surface area contributed by atoms with E-state index in [1.54, 1.807) is 19.1 Å². The van der Waals surface area contributed by atoms with Crippen LogP contribution in [0.2, 0.25) is 5.02 Å². The van der Waals surface area contributed by atoms with Gasteiger partial charge in [0.1, 0.15) is 5.75 Å². The minimum absolute atomic E-state index is 0.0213. The first-order valence-electron chi connectivity index (χ1n) is 8.88. The summed E-state index contributed by atoms with van der Waals surface area (Å²) in [6, 6.07) is 5.74. The fourth-order valence-electron chi connectivity index (χ4n) is 2.87. The SMILES string of the molecule is CCc1ccc(C(C)(C)C)c(O)c1C(=O)Nc1ccc(S(=O)(=O)C(F)(F)F)cc1Cl. The number of aromatic hydroxyl groups is 1. The van der Waals surface area contributed by atoms with Crippen LogP contribution < -0.4 is 5.32 Å². The third-order valence-electron chi connectivity index (χ3n) is 4.48. The van der Waals surface area contributed by atoms with Gasteiger partial charge in [-0.15, -0.1) is 0 Å². The number of phenols is 1. The summed E-state index contributed by atoms with van der Waals surface area (Å²) in [5, 5.41) is 12.7. The Kier molecular flexibility index (Phi) is 6.49. The van der Waals surface area contributed by atoms with Gasteiger partial charge in [0, 0.05) is 5.56 Å². The number of halogens is 4. The van der Waals surface area contributed by atoms with Crippen LogP contribution in [0.15, 0.2) is 35.2 Å². The molecule has 0 atom stereocenters. The zero-order valence-corrected chi connectivity index (χ0v) is 18.3. The van der Waals surface area contributed by atoms with Gasteiger partial charge in [-0.2, -0.15) is 13.2 Å². The Morgan fingerprint density at radius 3 is 2.20 bits per heavy atom. The van der Waals surface area contributed by atoms with E-state index >= 15 is 0 Å². The number of benzene rings is 2. The highest BCUT2D eigenvalue weighted by Gasteiger charge is 2.47. The van der Waals surface area contributed by atoms with Crippen molar-refractivity contribution >= 4 is 33.0 Å². The van der Waals surface area contributed by atoms with Gasteiger partial charge in [-0.05, 0) is 35.6 Å². The normalized spacial score (nSPS) is 12.7. The number of hydrogen-bond acceptors (Lipinski definition) is 4. The maximum atomic E-state index is 12.9. The van der Waals surface area contributed by atoms with Crippen LogP contribution >= 0.6 is 11.6 Å². The third kappa shape index (κ3) is 4.57. The summed E-state index contributed by atoms with van der Waals surface area (Å²) < 4.78 is 61.2. The Balaban J connectivity index is 2.47. The molecule has 0 aliphatic heterocycles. The van der Waals surface area contributed by atoms with E-state index in [0.717, 1.165) is 6.07 Å². The van der Waals surface area contributed by atoms with Crippen LogP contribution in [0.4, 0.5) is 18.9 Å². The molecule has 164 valence electrons. The maximum Gasteiger partial charge on any atom is 0.501 e. The molecule has 5 nitrogen and oxygen atoms in total. The van der Waals surface area contributed by atoms with Crippen molar-refractivity contribution in [3.8, 4) is 5.75 Å². The predicted octanol–water partition coefficient (Wildman–Crippen LogP) is 5.45. The number of amides is 1. The van der Waals surface area contributed by atoms with Gasteiger partial charge in [0.2, 0.25) is 0 Å². The van der Waals surface area contributed by atoms with E-state index in [-0.39, 0.29) is 17.0 Å². The molecular formula is C20H21ClF3NO4S. The molecule has 0 unspecified atom stereocenters. The molecule has 0 heterocycles. The van der Waals surface area contributed by atoms with Gasteiger partial charge in [-0.25, -0.2) is 8.42 Å². The molecular weight excluding hydrogens is 443 g/mol. The van der Waals surface area contributed by atoms with Gasteiger partial charge in [0.25, 0.3) is 15.7 Å². The molecule has 0 fully saturated rings. The summed E-state index contributed by atoms with van der Waals surface area (Å²) in [7, 11) is -5.57. The number of phenolic OH excluding ortho intramolecular Hbond substituents is 1. The number of anilines is 1. The first-order chi connectivity index (χ1) is 13.6. The predicted molar refractivity (Wildman–Crippen MR) is 109 cm³/mol. The molecule has 0 saturated carbocycles. The number of rotatable bonds is 4. The number of carbonyl (C=O) groups excluding carboxylic acids is 1. The van der Waals surface area contributed by atoms with Crippen molar-refractivity contribution in [3.63, 3.8) is 0 Å². The second-order valence-corrected chi connectivity index (χ2v) is 9.99. The second-order valence-electron chi connectivity index (χ2n) is 7.64. The van der Waals surface area contributed by atoms with E-state index in [9.17, 15) is 31.5 Å². The second kappa shape index (κ2) is 8.11. The summed E-state index contributed by atoms with van der Waals surface area (Å²) in [5.74, 6) is -0.921. The maximum absolute atomic E-state index is 12.9. The van der Waals surface area contributed by atoms with Crippen molar-refractivity contribution in [1.82, 2.24) is 0 Å². The number of aryl methyl sites for hydroxylation is 1. The van der Waals surface area contributed by atoms with E-state index in [4.69, 9.17) is 11.6 Å². The van der Waals surface area contributed by atoms with Crippen LogP contribution in [0.25, 0.3) is 0 Å². The fraction of sp³-hybridized carbons (Fsp3) is 0.350. The number of nitrogens with one attached hydrogen (secondary N) is 1. The van der Waals surface area contributed by atoms with E-state index < -0.39 is 36.6 Å². The highest BCUT2D eigenvalue weighted by atomic mass is 35.5. The van der Waals surface area contributed by atoms with E-state index in [2.05, 4.69) is 5.32 Å². The van der Waals surface area contributed by atoms with Crippen LogP contribution in [0.1, 0.15) is 49.2 Å². The van der Waals surface area contributed by atoms with Gasteiger partial charge in [0.05, 0.1) is 21.2 Å². The van der Waals surface area contributed by atoms with Gasteiger partial charge < -0.3 is 10.4 Å². The van der Waals surface area contributed by atoms with E-state index in [0.29, 0.717) is 29.7 Å². The largest absolute Gasteiger partial charge is 0.507 e. The average Bonchev–Trinajstić information content (AvgIpc) is 2.60. The summed E-state index contributed by atoms with van der Waals surface area (Å²) in [6.07, 6.45) is 0.442. The molecule has 2 aromatic rings. The molecule has 0 radical (unpaired) electrons. The molecule has 10 heteroatoms. The molecule has 2 rings (SSSR count). The molecule has 0 aliphatic carbocycles. The van der Waals surface area contributed by atoms with E-state index in [1.165, 1.54) is 0 Å². The van der Waals surface area contributed by atoms with Crippen LogP contribution in [-0.4, -0.2) is 24.9 Å². The fourth-order valence-corrected chi connectivity index (χ4v) is 3.95. The molecule has 2 aromatic carbocycles. The summed E-state index contributed by atoms with van der Waals surface area (Å²) in [5.41, 5.74) is -4.89. The average molecular weight is 464 g/mol. The smallest absolute Gasteiger partial charge is 0.501 e. The third-order valence-corrected chi connectivity index (χ3v) is 6.28. The summed E-state index contributed by atoms with van der Waals surface area (Å²) in [4.78, 5) is 11.8. The van der Waals surface area contributed by atoms with Crippen LogP contribution in [0.3, 0.4) is 0 Å². The molecule has 0 bridgehead atoms.